The Balaban J connectivity index is 1.87. The van der Waals surface area contributed by atoms with E-state index in [1.54, 1.807) is 24.5 Å². The molecule has 2 heterocycles. The Bertz CT molecular complexity index is 945. The van der Waals surface area contributed by atoms with Crippen LogP contribution in [0.2, 0.25) is 5.02 Å². The van der Waals surface area contributed by atoms with E-state index < -0.39 is 11.9 Å². The van der Waals surface area contributed by atoms with Crippen LogP contribution in [0.1, 0.15) is 44.1 Å². The summed E-state index contributed by atoms with van der Waals surface area (Å²) in [6.45, 7) is 4.13. The lowest BCUT2D eigenvalue weighted by Gasteiger charge is -2.37. The third kappa shape index (κ3) is 2.97. The van der Waals surface area contributed by atoms with Crippen LogP contribution in [0.25, 0.3) is 0 Å². The zero-order valence-corrected chi connectivity index (χ0v) is 15.2. The second-order valence-corrected chi connectivity index (χ2v) is 7.89. The highest BCUT2D eigenvalue weighted by Crippen LogP contribution is 2.44. The molecule has 0 fully saturated rings. The molecule has 6 heteroatoms. The van der Waals surface area contributed by atoms with Crippen LogP contribution in [0.3, 0.4) is 0 Å². The predicted molar refractivity (Wildman–Crippen MR) is 97.6 cm³/mol. The van der Waals surface area contributed by atoms with Gasteiger partial charge in [-0.3, -0.25) is 9.79 Å². The number of hydrogen-bond acceptors (Lipinski definition) is 4. The molecule has 4 rings (SSSR count). The van der Waals surface area contributed by atoms with Crippen LogP contribution in [0.15, 0.2) is 57.3 Å². The van der Waals surface area contributed by atoms with Crippen LogP contribution in [-0.4, -0.2) is 11.6 Å². The first-order chi connectivity index (χ1) is 12.3. The molecule has 4 nitrogen and oxygen atoms in total. The quantitative estimate of drug-likeness (QED) is 0.823. The molecular formula is C20H18ClFN2O2. The normalized spacial score (nSPS) is 21.9. The van der Waals surface area contributed by atoms with Crippen molar-refractivity contribution in [2.24, 2.45) is 10.4 Å². The number of carbonyl (C=O) groups is 1. The third-order valence-electron chi connectivity index (χ3n) is 4.73. The van der Waals surface area contributed by atoms with Gasteiger partial charge in [-0.05, 0) is 36.1 Å². The monoisotopic (exact) mass is 372 g/mol. The maximum Gasteiger partial charge on any atom is 0.169 e. The van der Waals surface area contributed by atoms with Gasteiger partial charge >= 0.3 is 0 Å². The fraction of sp³-hybridized carbons (Fsp3) is 0.300. The minimum atomic E-state index is -0.581. The van der Waals surface area contributed by atoms with Gasteiger partial charge in [0.2, 0.25) is 0 Å². The first-order valence-electron chi connectivity index (χ1n) is 8.44. The van der Waals surface area contributed by atoms with Crippen molar-refractivity contribution in [1.82, 2.24) is 5.32 Å². The Morgan fingerprint density at radius 3 is 2.81 bits per heavy atom. The number of benzene rings is 1. The summed E-state index contributed by atoms with van der Waals surface area (Å²) >= 11 is 6.28. The standard InChI is InChI=1S/C20H18ClFN2O2/c1-20(2)9-14-17(15(25)10-20)18(12-6-5-11(22)8-13(12)21)24-19(23-14)16-4-3-7-26-16/h3-8,18H,9-10H2,1-2H3,(H,23,24). The topological polar surface area (TPSA) is 54.6 Å². The fourth-order valence-electron chi connectivity index (χ4n) is 3.62. The third-order valence-corrected chi connectivity index (χ3v) is 5.06. The molecule has 0 spiro atoms. The fourth-order valence-corrected chi connectivity index (χ4v) is 3.89. The van der Waals surface area contributed by atoms with Crippen LogP contribution in [0.5, 0.6) is 0 Å². The summed E-state index contributed by atoms with van der Waals surface area (Å²) in [5.41, 5.74) is 1.90. The zero-order valence-electron chi connectivity index (χ0n) is 14.5. The molecule has 1 N–H and O–H groups in total. The van der Waals surface area contributed by atoms with Crippen molar-refractivity contribution in [3.05, 3.63) is 70.0 Å². The predicted octanol–water partition coefficient (Wildman–Crippen LogP) is 4.81. The van der Waals surface area contributed by atoms with Crippen LogP contribution in [0.4, 0.5) is 4.39 Å². The minimum absolute atomic E-state index is 0.0383. The number of allylic oxidation sites excluding steroid dienone is 1. The largest absolute Gasteiger partial charge is 0.461 e. The Morgan fingerprint density at radius 2 is 2.12 bits per heavy atom. The second-order valence-electron chi connectivity index (χ2n) is 7.48. The van der Waals surface area contributed by atoms with Gasteiger partial charge in [0, 0.05) is 28.3 Å². The van der Waals surface area contributed by atoms with Gasteiger partial charge in [0.05, 0.1) is 6.26 Å². The van der Waals surface area contributed by atoms with Crippen molar-refractivity contribution in [3.63, 3.8) is 0 Å². The second kappa shape index (κ2) is 6.09. The first-order valence-corrected chi connectivity index (χ1v) is 8.82. The zero-order chi connectivity index (χ0) is 18.5. The van der Waals surface area contributed by atoms with Gasteiger partial charge in [-0.1, -0.05) is 31.5 Å². The summed E-state index contributed by atoms with van der Waals surface area (Å²) in [6, 6.07) is 7.18. The van der Waals surface area contributed by atoms with Crippen molar-refractivity contribution in [2.75, 3.05) is 0 Å². The van der Waals surface area contributed by atoms with Crippen LogP contribution < -0.4 is 5.32 Å². The smallest absolute Gasteiger partial charge is 0.169 e. The highest BCUT2D eigenvalue weighted by atomic mass is 35.5. The maximum atomic E-state index is 13.5. The molecular weight excluding hydrogens is 355 g/mol. The molecule has 0 amide bonds. The van der Waals surface area contributed by atoms with Gasteiger partial charge in [0.25, 0.3) is 0 Å². The molecule has 1 aromatic heterocycles. The lowest BCUT2D eigenvalue weighted by molar-refractivity contribution is -0.118. The number of ketones is 1. The van der Waals surface area contributed by atoms with Gasteiger partial charge in [-0.2, -0.15) is 0 Å². The molecule has 1 aliphatic carbocycles. The summed E-state index contributed by atoms with van der Waals surface area (Å²) in [7, 11) is 0. The Kier molecular flexibility index (Phi) is 3.99. The number of carbonyl (C=O) groups excluding carboxylic acids is 1. The SMILES string of the molecule is CC1(C)CC(=O)C2=C(C1)NC(c1ccco1)=NC2c1ccc(F)cc1Cl. The molecule has 0 saturated heterocycles. The molecule has 2 aromatic rings. The van der Waals surface area contributed by atoms with Crippen molar-refractivity contribution in [1.29, 1.82) is 0 Å². The van der Waals surface area contributed by atoms with Crippen LogP contribution in [-0.2, 0) is 4.79 Å². The summed E-state index contributed by atoms with van der Waals surface area (Å²) in [5.74, 6) is 0.741. The summed E-state index contributed by atoms with van der Waals surface area (Å²) in [4.78, 5) is 17.6. The highest BCUT2D eigenvalue weighted by Gasteiger charge is 2.40. The summed E-state index contributed by atoms with van der Waals surface area (Å²) < 4.78 is 19.0. The average Bonchev–Trinajstić information content (AvgIpc) is 3.07. The average molecular weight is 373 g/mol. The number of hydrogen-bond donors (Lipinski definition) is 1. The molecule has 1 atom stereocenters. The number of halogens is 2. The van der Waals surface area contributed by atoms with Crippen LogP contribution in [0, 0.1) is 11.2 Å². The van der Waals surface area contributed by atoms with Crippen molar-refractivity contribution in [3.8, 4) is 0 Å². The highest BCUT2D eigenvalue weighted by molar-refractivity contribution is 6.31. The molecule has 0 bridgehead atoms. The van der Waals surface area contributed by atoms with E-state index in [4.69, 9.17) is 21.0 Å². The van der Waals surface area contributed by atoms with E-state index in [-0.39, 0.29) is 16.2 Å². The van der Waals surface area contributed by atoms with E-state index >= 15 is 0 Å². The van der Waals surface area contributed by atoms with E-state index in [9.17, 15) is 9.18 Å². The van der Waals surface area contributed by atoms with Crippen molar-refractivity contribution < 1.29 is 13.6 Å². The molecule has 1 unspecified atom stereocenters. The molecule has 2 aliphatic rings. The Morgan fingerprint density at radius 1 is 1.31 bits per heavy atom. The number of amidine groups is 1. The van der Waals surface area contributed by atoms with E-state index in [0.717, 1.165) is 5.70 Å². The first kappa shape index (κ1) is 17.0. The number of rotatable bonds is 2. The molecule has 134 valence electrons. The maximum absolute atomic E-state index is 13.5. The molecule has 1 aliphatic heterocycles. The Hall–Kier alpha value is -2.40. The number of aliphatic imine (C=N–C) groups is 1. The van der Waals surface area contributed by atoms with E-state index in [2.05, 4.69) is 19.2 Å². The minimum Gasteiger partial charge on any atom is -0.461 e. The number of nitrogens with zero attached hydrogens (tertiary/aromatic N) is 1. The molecule has 0 saturated carbocycles. The summed E-state index contributed by atoms with van der Waals surface area (Å²) in [5, 5.41) is 3.53. The molecule has 1 aromatic carbocycles. The van der Waals surface area contributed by atoms with Crippen LogP contribution >= 0.6 is 11.6 Å². The van der Waals surface area contributed by atoms with Gasteiger partial charge < -0.3 is 9.73 Å². The molecule has 26 heavy (non-hydrogen) atoms. The van der Waals surface area contributed by atoms with Gasteiger partial charge in [0.15, 0.2) is 17.4 Å². The Labute approximate surface area is 155 Å². The van der Waals surface area contributed by atoms with E-state index in [1.165, 1.54) is 12.1 Å². The number of furan rings is 1. The number of nitrogens with one attached hydrogen (secondary N) is 1. The molecule has 0 radical (unpaired) electrons. The summed E-state index contributed by atoms with van der Waals surface area (Å²) in [6.07, 6.45) is 2.72. The van der Waals surface area contributed by atoms with Crippen molar-refractivity contribution in [2.45, 2.75) is 32.7 Å². The van der Waals surface area contributed by atoms with Gasteiger partial charge in [-0.25, -0.2) is 4.39 Å². The van der Waals surface area contributed by atoms with E-state index in [0.29, 0.717) is 35.6 Å². The lowest BCUT2D eigenvalue weighted by atomic mass is 9.73. The van der Waals surface area contributed by atoms with Gasteiger partial charge in [0.1, 0.15) is 11.9 Å². The number of Topliss-reactive ketones (excluding diaryl/α,β-unsaturated/α-hetero) is 1. The van der Waals surface area contributed by atoms with Crippen molar-refractivity contribution >= 4 is 23.2 Å². The van der Waals surface area contributed by atoms with Gasteiger partial charge in [-0.15, -0.1) is 0 Å². The lowest BCUT2D eigenvalue weighted by Crippen LogP contribution is -2.39. The van der Waals surface area contributed by atoms with E-state index in [1.807, 2.05) is 0 Å².